The van der Waals surface area contributed by atoms with E-state index in [4.69, 9.17) is 23.6 Å². The highest BCUT2D eigenvalue weighted by Gasteiger charge is 2.37. The number of anilines is 1. The number of fused-ring (bicyclic) bond motifs is 2. The van der Waals surface area contributed by atoms with Gasteiger partial charge in [0, 0.05) is 30.8 Å². The normalized spacial score (nSPS) is 17.4. The molecule has 0 unspecified atom stereocenters. The summed E-state index contributed by atoms with van der Waals surface area (Å²) in [5, 5.41) is 1.86. The number of allylic oxidation sites excluding steroid dienone is 1. The Morgan fingerprint density at radius 3 is 2.69 bits per heavy atom. The van der Waals surface area contributed by atoms with E-state index in [1.54, 1.807) is 24.7 Å². The van der Waals surface area contributed by atoms with E-state index < -0.39 is 12.0 Å². The van der Waals surface area contributed by atoms with Crippen molar-refractivity contribution in [1.29, 1.82) is 0 Å². The van der Waals surface area contributed by atoms with Crippen LogP contribution in [-0.2, 0) is 14.3 Å². The van der Waals surface area contributed by atoms with Gasteiger partial charge in [0.1, 0.15) is 17.6 Å². The van der Waals surface area contributed by atoms with Crippen LogP contribution in [0.25, 0.3) is 16.8 Å². The molecular formula is C32H33N3O6S. The Morgan fingerprint density at radius 1 is 1.12 bits per heavy atom. The van der Waals surface area contributed by atoms with Gasteiger partial charge in [0.2, 0.25) is 0 Å². The van der Waals surface area contributed by atoms with Crippen molar-refractivity contribution in [3.63, 3.8) is 0 Å². The van der Waals surface area contributed by atoms with Crippen molar-refractivity contribution in [3.8, 4) is 5.75 Å². The number of ether oxygens (including phenoxy) is 3. The van der Waals surface area contributed by atoms with E-state index >= 15 is 0 Å². The zero-order chi connectivity index (χ0) is 29.2. The highest BCUT2D eigenvalue weighted by molar-refractivity contribution is 7.07. The lowest BCUT2D eigenvalue weighted by atomic mass is 9.90. The molecule has 0 bridgehead atoms. The molecule has 0 aliphatic carbocycles. The first-order valence-corrected chi connectivity index (χ1v) is 15.1. The third kappa shape index (κ3) is 5.05. The summed E-state index contributed by atoms with van der Waals surface area (Å²) in [6.07, 6.45) is 3.08. The highest BCUT2D eigenvalue weighted by atomic mass is 32.1. The monoisotopic (exact) mass is 587 g/mol. The molecule has 10 heteroatoms. The first-order chi connectivity index (χ1) is 20.5. The van der Waals surface area contributed by atoms with E-state index in [2.05, 4.69) is 4.90 Å². The van der Waals surface area contributed by atoms with Crippen LogP contribution in [0.4, 0.5) is 5.88 Å². The van der Waals surface area contributed by atoms with Gasteiger partial charge in [0.05, 0.1) is 42.7 Å². The molecule has 4 aromatic rings. The van der Waals surface area contributed by atoms with Gasteiger partial charge in [-0.15, -0.1) is 0 Å². The summed E-state index contributed by atoms with van der Waals surface area (Å²) >= 11 is 1.28. The van der Waals surface area contributed by atoms with Gasteiger partial charge in [-0.3, -0.25) is 9.36 Å². The maximum atomic E-state index is 14.2. The van der Waals surface area contributed by atoms with Crippen molar-refractivity contribution in [3.05, 3.63) is 90.8 Å². The molecule has 6 rings (SSSR count). The molecule has 1 atom stereocenters. The second-order valence-corrected chi connectivity index (χ2v) is 11.1. The predicted molar refractivity (Wildman–Crippen MR) is 162 cm³/mol. The number of esters is 1. The lowest BCUT2D eigenvalue weighted by Crippen LogP contribution is -2.40. The maximum absolute atomic E-state index is 14.2. The smallest absolute Gasteiger partial charge is 0.338 e. The van der Waals surface area contributed by atoms with E-state index in [1.807, 2.05) is 55.5 Å². The minimum Gasteiger partial charge on any atom is -0.496 e. The van der Waals surface area contributed by atoms with E-state index in [1.165, 1.54) is 11.3 Å². The second kappa shape index (κ2) is 12.0. The molecule has 0 spiro atoms. The Bertz CT molecular complexity index is 1840. The molecule has 0 saturated carbocycles. The Balaban J connectivity index is 1.58. The van der Waals surface area contributed by atoms with Crippen LogP contribution < -0.4 is 24.5 Å². The summed E-state index contributed by atoms with van der Waals surface area (Å²) in [5.74, 6) is 1.40. The molecule has 0 amide bonds. The predicted octanol–water partition coefficient (Wildman–Crippen LogP) is 4.17. The van der Waals surface area contributed by atoms with Gasteiger partial charge in [0.25, 0.3) is 5.56 Å². The average molecular weight is 588 g/mol. The van der Waals surface area contributed by atoms with Gasteiger partial charge >= 0.3 is 5.97 Å². The van der Waals surface area contributed by atoms with Crippen LogP contribution in [0.3, 0.4) is 0 Å². The number of hydrogen-bond donors (Lipinski definition) is 0. The molecule has 4 heterocycles. The fourth-order valence-corrected chi connectivity index (χ4v) is 6.63. The average Bonchev–Trinajstić information content (AvgIpc) is 3.61. The first-order valence-electron chi connectivity index (χ1n) is 14.2. The van der Waals surface area contributed by atoms with E-state index in [0.29, 0.717) is 51.7 Å². The first kappa shape index (κ1) is 28.0. The van der Waals surface area contributed by atoms with E-state index in [-0.39, 0.29) is 12.2 Å². The third-order valence-electron chi connectivity index (χ3n) is 7.52. The number of rotatable bonds is 8. The fourth-order valence-electron chi connectivity index (χ4n) is 5.63. The molecule has 9 nitrogen and oxygen atoms in total. The number of furan rings is 1. The summed E-state index contributed by atoms with van der Waals surface area (Å²) in [6.45, 7) is 6.81. The molecule has 218 valence electrons. The van der Waals surface area contributed by atoms with Crippen molar-refractivity contribution in [2.45, 2.75) is 32.7 Å². The van der Waals surface area contributed by atoms with Crippen molar-refractivity contribution >= 4 is 40.0 Å². The number of nitrogens with zero attached hydrogens (tertiary/aromatic N) is 3. The summed E-state index contributed by atoms with van der Waals surface area (Å²) in [7, 11) is 1.60. The number of hydrogen-bond acceptors (Lipinski definition) is 9. The molecule has 2 aliphatic rings. The SMILES string of the molecule is CCCC1=C(C(=O)OCC)[C@H](c2c(OC)ccc3ccccc23)n2c(s/c(=C\c3ccc(N4CCOCC4)o3)c2=O)=N1. The molecule has 2 aromatic carbocycles. The Kier molecular flexibility index (Phi) is 7.99. The van der Waals surface area contributed by atoms with E-state index in [9.17, 15) is 9.59 Å². The lowest BCUT2D eigenvalue weighted by Gasteiger charge is -2.28. The number of aromatic nitrogens is 1. The summed E-state index contributed by atoms with van der Waals surface area (Å²) in [5.41, 5.74) is 1.44. The van der Waals surface area contributed by atoms with Gasteiger partial charge in [-0.05, 0) is 36.2 Å². The van der Waals surface area contributed by atoms with Crippen molar-refractivity contribution in [1.82, 2.24) is 4.57 Å². The third-order valence-corrected chi connectivity index (χ3v) is 8.51. The Labute approximate surface area is 246 Å². The minimum absolute atomic E-state index is 0.204. The van der Waals surface area contributed by atoms with Crippen LogP contribution in [0.2, 0.25) is 0 Å². The quantitative estimate of drug-likeness (QED) is 0.286. The number of thiazole rings is 1. The standard InChI is InChI=1S/C32H33N3O6S/c1-4-8-23-28(31(37)40-5-2)29(27-22-10-7-6-9-20(22)11-13-24(27)38-3)35-30(36)25(42-32(35)33-23)19-21-12-14-26(41-21)34-15-17-39-18-16-34/h6-7,9-14,19,29H,4-5,8,15-18H2,1-3H3/b25-19-/t29-/m0/s1. The molecular weight excluding hydrogens is 554 g/mol. The van der Waals surface area contributed by atoms with Gasteiger partial charge in [-0.25, -0.2) is 9.79 Å². The summed E-state index contributed by atoms with van der Waals surface area (Å²) in [4.78, 5) is 35.4. The minimum atomic E-state index is -0.787. The van der Waals surface area contributed by atoms with Crippen molar-refractivity contribution in [2.75, 3.05) is 44.9 Å². The van der Waals surface area contributed by atoms with Crippen LogP contribution in [0.5, 0.6) is 5.75 Å². The van der Waals surface area contributed by atoms with Crippen LogP contribution in [0.15, 0.2) is 74.0 Å². The number of morpholine rings is 1. The highest BCUT2D eigenvalue weighted by Crippen LogP contribution is 2.41. The van der Waals surface area contributed by atoms with Gasteiger partial charge in [-0.2, -0.15) is 0 Å². The van der Waals surface area contributed by atoms with Gasteiger partial charge in [0.15, 0.2) is 10.7 Å². The van der Waals surface area contributed by atoms with Crippen LogP contribution in [0.1, 0.15) is 44.1 Å². The zero-order valence-corrected chi connectivity index (χ0v) is 24.7. The van der Waals surface area contributed by atoms with Gasteiger partial charge < -0.3 is 23.5 Å². The van der Waals surface area contributed by atoms with Crippen molar-refractivity contribution in [2.24, 2.45) is 4.99 Å². The summed E-state index contributed by atoms with van der Waals surface area (Å²) in [6, 6.07) is 14.7. The molecule has 2 aromatic heterocycles. The van der Waals surface area contributed by atoms with Crippen LogP contribution in [0, 0.1) is 0 Å². The van der Waals surface area contributed by atoms with Crippen molar-refractivity contribution < 1.29 is 23.4 Å². The Hall–Kier alpha value is -4.15. The molecule has 1 fully saturated rings. The number of methoxy groups -OCH3 is 1. The number of benzene rings is 2. The number of carbonyl (C=O) groups is 1. The van der Waals surface area contributed by atoms with Crippen LogP contribution in [-0.4, -0.2) is 50.6 Å². The number of carbonyl (C=O) groups excluding carboxylic acids is 1. The maximum Gasteiger partial charge on any atom is 0.338 e. The molecule has 42 heavy (non-hydrogen) atoms. The Morgan fingerprint density at radius 2 is 1.93 bits per heavy atom. The molecule has 0 radical (unpaired) electrons. The fraction of sp³-hybridized carbons (Fsp3) is 0.344. The largest absolute Gasteiger partial charge is 0.496 e. The molecule has 1 saturated heterocycles. The molecule has 0 N–H and O–H groups in total. The lowest BCUT2D eigenvalue weighted by molar-refractivity contribution is -0.139. The molecule has 2 aliphatic heterocycles. The van der Waals surface area contributed by atoms with Gasteiger partial charge in [-0.1, -0.05) is 55.0 Å². The van der Waals surface area contributed by atoms with E-state index in [0.717, 1.165) is 41.7 Å². The van der Waals surface area contributed by atoms with Crippen LogP contribution >= 0.6 is 11.3 Å². The second-order valence-electron chi connectivity index (χ2n) is 10.1. The topological polar surface area (TPSA) is 95.5 Å². The zero-order valence-electron chi connectivity index (χ0n) is 23.9. The summed E-state index contributed by atoms with van der Waals surface area (Å²) < 4.78 is 25.1.